The lowest BCUT2D eigenvalue weighted by atomic mass is 9.85. The number of benzene rings is 1. The topological polar surface area (TPSA) is 81.7 Å². The third kappa shape index (κ3) is 3.41. The Morgan fingerprint density at radius 1 is 1.24 bits per heavy atom. The predicted octanol–water partition coefficient (Wildman–Crippen LogP) is 2.37. The summed E-state index contributed by atoms with van der Waals surface area (Å²) < 4.78 is 33.2. The molecule has 0 aliphatic heterocycles. The summed E-state index contributed by atoms with van der Waals surface area (Å²) in [6, 6.07) is 2.63. The van der Waals surface area contributed by atoms with Crippen molar-refractivity contribution in [2.24, 2.45) is 5.92 Å². The van der Waals surface area contributed by atoms with E-state index in [0.717, 1.165) is 19.3 Å². The van der Waals surface area contributed by atoms with Gasteiger partial charge in [-0.2, -0.15) is 0 Å². The van der Waals surface area contributed by atoms with Crippen LogP contribution in [-0.4, -0.2) is 28.5 Å². The Morgan fingerprint density at radius 3 is 2.29 bits per heavy atom. The van der Waals surface area contributed by atoms with Crippen LogP contribution in [-0.2, 0) is 13.8 Å². The molecule has 116 valence electrons. The number of carbonyl (C=O) groups excluding carboxylic acids is 1. The molecule has 1 saturated carbocycles. The first-order chi connectivity index (χ1) is 9.86. The van der Waals surface area contributed by atoms with E-state index in [1.165, 1.54) is 26.4 Å². The second kappa shape index (κ2) is 6.11. The summed E-state index contributed by atoms with van der Waals surface area (Å²) in [4.78, 5) is 11.8. The van der Waals surface area contributed by atoms with E-state index in [4.69, 9.17) is 20.2 Å². The van der Waals surface area contributed by atoms with E-state index in [9.17, 15) is 13.2 Å². The van der Waals surface area contributed by atoms with Gasteiger partial charge in [0.05, 0.1) is 19.9 Å². The van der Waals surface area contributed by atoms with Crippen LogP contribution in [0.4, 0.5) is 5.69 Å². The molecule has 1 aliphatic carbocycles. The summed E-state index contributed by atoms with van der Waals surface area (Å²) >= 11 is 0. The molecule has 1 aromatic rings. The van der Waals surface area contributed by atoms with Crippen LogP contribution in [0.2, 0.25) is 0 Å². The van der Waals surface area contributed by atoms with E-state index in [1.54, 1.807) is 0 Å². The zero-order chi connectivity index (χ0) is 15.6. The van der Waals surface area contributed by atoms with Gasteiger partial charge >= 0.3 is 0 Å². The molecule has 0 spiro atoms. The highest BCUT2D eigenvalue weighted by molar-refractivity contribution is 8.13. The van der Waals surface area contributed by atoms with Gasteiger partial charge in [0.2, 0.25) is 5.91 Å². The highest BCUT2D eigenvalue weighted by Gasteiger charge is 2.27. The van der Waals surface area contributed by atoms with Gasteiger partial charge in [0.25, 0.3) is 9.05 Å². The number of rotatable bonds is 5. The Morgan fingerprint density at radius 2 is 1.86 bits per heavy atom. The Bertz CT molecular complexity index is 655. The number of anilines is 1. The fourth-order valence-corrected chi connectivity index (χ4v) is 3.06. The molecule has 0 radical (unpaired) electrons. The highest BCUT2D eigenvalue weighted by Crippen LogP contribution is 2.38. The minimum absolute atomic E-state index is 0.00265. The molecule has 0 bridgehead atoms. The normalized spacial score (nSPS) is 15.2. The zero-order valence-corrected chi connectivity index (χ0v) is 13.3. The summed E-state index contributed by atoms with van der Waals surface area (Å²) in [5, 5.41) is 2.73. The molecule has 1 aromatic carbocycles. The van der Waals surface area contributed by atoms with Crippen LogP contribution < -0.4 is 14.8 Å². The van der Waals surface area contributed by atoms with Crippen LogP contribution in [0, 0.1) is 5.92 Å². The van der Waals surface area contributed by atoms with E-state index in [2.05, 4.69) is 5.32 Å². The van der Waals surface area contributed by atoms with E-state index >= 15 is 0 Å². The van der Waals surface area contributed by atoms with Gasteiger partial charge in [-0.25, -0.2) is 8.42 Å². The summed E-state index contributed by atoms with van der Waals surface area (Å²) in [6.07, 6.45) is 2.76. The number of ether oxygens (including phenoxy) is 2. The number of methoxy groups -OCH3 is 2. The molecule has 21 heavy (non-hydrogen) atoms. The molecule has 8 heteroatoms. The fraction of sp³-hybridized carbons (Fsp3) is 0.462. The monoisotopic (exact) mass is 333 g/mol. The van der Waals surface area contributed by atoms with E-state index in [0.29, 0.717) is 5.69 Å². The second-order valence-electron chi connectivity index (χ2n) is 4.76. The third-order valence-electron chi connectivity index (χ3n) is 3.48. The van der Waals surface area contributed by atoms with Crippen molar-refractivity contribution in [2.45, 2.75) is 24.2 Å². The first kappa shape index (κ1) is 15.9. The molecule has 1 N–H and O–H groups in total. The number of nitrogens with one attached hydrogen (secondary N) is 1. The first-order valence-electron chi connectivity index (χ1n) is 6.38. The molecule has 0 saturated heterocycles. The summed E-state index contributed by atoms with van der Waals surface area (Å²) in [7, 11) is 4.09. The zero-order valence-electron chi connectivity index (χ0n) is 11.7. The van der Waals surface area contributed by atoms with Crippen LogP contribution in [0.25, 0.3) is 0 Å². The lowest BCUT2D eigenvalue weighted by molar-refractivity contribution is -0.122. The molecular weight excluding hydrogens is 318 g/mol. The van der Waals surface area contributed by atoms with Crippen molar-refractivity contribution in [1.29, 1.82) is 0 Å². The first-order valence-corrected chi connectivity index (χ1v) is 8.69. The number of hydrogen-bond donors (Lipinski definition) is 1. The Kier molecular flexibility index (Phi) is 4.63. The van der Waals surface area contributed by atoms with Crippen molar-refractivity contribution in [3.8, 4) is 11.5 Å². The van der Waals surface area contributed by atoms with Crippen molar-refractivity contribution < 1.29 is 22.7 Å². The van der Waals surface area contributed by atoms with Crippen LogP contribution in [0.5, 0.6) is 11.5 Å². The highest BCUT2D eigenvalue weighted by atomic mass is 35.7. The maximum atomic E-state index is 12.0. The second-order valence-corrected chi connectivity index (χ2v) is 7.29. The molecule has 1 amide bonds. The van der Waals surface area contributed by atoms with Crippen molar-refractivity contribution in [2.75, 3.05) is 19.5 Å². The standard InChI is InChI=1S/C13H16ClNO5S/c1-19-10-7-12(21(14,17)18)11(20-2)6-9(10)15-13(16)8-4-3-5-8/h6-8H,3-5H2,1-2H3,(H,15,16). The Labute approximate surface area is 127 Å². The molecule has 0 unspecified atom stereocenters. The smallest absolute Gasteiger partial charge is 0.265 e. The molecule has 1 fully saturated rings. The molecule has 6 nitrogen and oxygen atoms in total. The van der Waals surface area contributed by atoms with Crippen molar-refractivity contribution in [1.82, 2.24) is 0 Å². The summed E-state index contributed by atoms with van der Waals surface area (Å²) in [6.45, 7) is 0. The minimum atomic E-state index is -3.98. The van der Waals surface area contributed by atoms with Gasteiger partial charge in [0, 0.05) is 28.7 Å². The quantitative estimate of drug-likeness (QED) is 0.836. The lowest BCUT2D eigenvalue weighted by Gasteiger charge is -2.24. The van der Waals surface area contributed by atoms with Gasteiger partial charge in [-0.1, -0.05) is 6.42 Å². The average molecular weight is 334 g/mol. The Hall–Kier alpha value is -1.47. The lowest BCUT2D eigenvalue weighted by Crippen LogP contribution is -2.28. The van der Waals surface area contributed by atoms with Crippen LogP contribution in [0.1, 0.15) is 19.3 Å². The Balaban J connectivity index is 2.38. The number of carbonyl (C=O) groups is 1. The maximum Gasteiger partial charge on any atom is 0.265 e. The summed E-state index contributed by atoms with van der Waals surface area (Å²) in [5.41, 5.74) is 0.357. The molecule has 2 rings (SSSR count). The molecule has 0 heterocycles. The van der Waals surface area contributed by atoms with Crippen LogP contribution in [0.15, 0.2) is 17.0 Å². The van der Waals surface area contributed by atoms with Gasteiger partial charge in [0.15, 0.2) is 0 Å². The van der Waals surface area contributed by atoms with Gasteiger partial charge < -0.3 is 14.8 Å². The average Bonchev–Trinajstić information content (AvgIpc) is 2.34. The van der Waals surface area contributed by atoms with Gasteiger partial charge in [-0.15, -0.1) is 0 Å². The van der Waals surface area contributed by atoms with Crippen LogP contribution in [0.3, 0.4) is 0 Å². The van der Waals surface area contributed by atoms with Crippen molar-refractivity contribution in [3.63, 3.8) is 0 Å². The predicted molar refractivity (Wildman–Crippen MR) is 78.6 cm³/mol. The molecular formula is C13H16ClNO5S. The number of hydrogen-bond acceptors (Lipinski definition) is 5. The van der Waals surface area contributed by atoms with E-state index < -0.39 is 9.05 Å². The number of halogens is 1. The molecule has 1 aliphatic rings. The van der Waals surface area contributed by atoms with Gasteiger partial charge in [0.1, 0.15) is 16.4 Å². The van der Waals surface area contributed by atoms with E-state index in [-0.39, 0.29) is 28.2 Å². The summed E-state index contributed by atoms with van der Waals surface area (Å²) in [5.74, 6) is 0.151. The molecule has 0 aromatic heterocycles. The maximum absolute atomic E-state index is 12.0. The minimum Gasteiger partial charge on any atom is -0.495 e. The fourth-order valence-electron chi connectivity index (χ4n) is 2.06. The number of amides is 1. The largest absolute Gasteiger partial charge is 0.495 e. The SMILES string of the molecule is COc1cc(S(=O)(=O)Cl)c(OC)cc1NC(=O)C1CCC1. The van der Waals surface area contributed by atoms with Crippen LogP contribution >= 0.6 is 10.7 Å². The van der Waals surface area contributed by atoms with E-state index in [1.807, 2.05) is 0 Å². The van der Waals surface area contributed by atoms with Gasteiger partial charge in [-0.3, -0.25) is 4.79 Å². The third-order valence-corrected chi connectivity index (χ3v) is 4.83. The van der Waals surface area contributed by atoms with Crippen molar-refractivity contribution >= 4 is 31.3 Å². The molecule has 0 atom stereocenters. The van der Waals surface area contributed by atoms with Gasteiger partial charge in [-0.05, 0) is 12.8 Å². The van der Waals surface area contributed by atoms with Crippen molar-refractivity contribution in [3.05, 3.63) is 12.1 Å².